The van der Waals surface area contributed by atoms with E-state index in [1.54, 1.807) is 0 Å². The molecule has 0 unspecified atom stereocenters. The number of para-hydroxylation sites is 1. The molecule has 0 aliphatic carbocycles. The van der Waals surface area contributed by atoms with Crippen molar-refractivity contribution < 1.29 is 4.42 Å². The number of fused-ring (bicyclic) bond motifs is 1. The second-order valence-corrected chi connectivity index (χ2v) is 6.48. The lowest BCUT2D eigenvalue weighted by molar-refractivity contribution is 0.629. The number of aromatic nitrogens is 1. The minimum absolute atomic E-state index is 0. The summed E-state index contributed by atoms with van der Waals surface area (Å²) in [6.07, 6.45) is 0. The molecule has 0 saturated carbocycles. The molecular weight excluding hydrogens is 412 g/mol. The molecule has 0 saturated heterocycles. The second-order valence-electron chi connectivity index (χ2n) is 5.62. The second kappa shape index (κ2) is 7.72. The molecule has 4 aromatic rings. The molecule has 3 N–H and O–H groups in total. The van der Waals surface area contributed by atoms with Crippen molar-refractivity contribution >= 4 is 55.8 Å². The van der Waals surface area contributed by atoms with E-state index in [1.807, 2.05) is 66.9 Å². The van der Waals surface area contributed by atoms with Gasteiger partial charge in [0.05, 0.1) is 5.71 Å². The first-order chi connectivity index (χ1) is 12.2. The van der Waals surface area contributed by atoms with E-state index in [0.29, 0.717) is 5.13 Å². The molecule has 0 atom stereocenters. The summed E-state index contributed by atoms with van der Waals surface area (Å²) in [5, 5.41) is 8.12. The Hall–Kier alpha value is -2.64. The number of benzene rings is 2. The molecule has 132 valence electrons. The van der Waals surface area contributed by atoms with Gasteiger partial charge in [-0.3, -0.25) is 5.43 Å². The predicted octanol–water partition coefficient (Wildman–Crippen LogP) is 5.55. The van der Waals surface area contributed by atoms with Crippen LogP contribution >= 0.6 is 28.3 Å². The summed E-state index contributed by atoms with van der Waals surface area (Å²) >= 11 is 1.48. The maximum absolute atomic E-state index is 5.84. The summed E-state index contributed by atoms with van der Waals surface area (Å²) < 4.78 is 5.84. The number of nitrogens with one attached hydrogen (secondary N) is 1. The highest BCUT2D eigenvalue weighted by molar-refractivity contribution is 8.93. The topological polar surface area (TPSA) is 76.4 Å². The van der Waals surface area contributed by atoms with Crippen molar-refractivity contribution in [2.45, 2.75) is 6.92 Å². The molecular formula is C19H17BrN4OS. The minimum Gasteiger partial charge on any atom is -0.454 e. The van der Waals surface area contributed by atoms with Crippen LogP contribution in [0.5, 0.6) is 0 Å². The molecule has 0 spiro atoms. The first-order valence-corrected chi connectivity index (χ1v) is 8.68. The Morgan fingerprint density at radius 3 is 2.69 bits per heavy atom. The van der Waals surface area contributed by atoms with E-state index < -0.39 is 0 Å². The van der Waals surface area contributed by atoms with Gasteiger partial charge in [0.25, 0.3) is 0 Å². The van der Waals surface area contributed by atoms with Crippen molar-refractivity contribution in [2.75, 3.05) is 11.2 Å². The van der Waals surface area contributed by atoms with Gasteiger partial charge in [-0.25, -0.2) is 4.98 Å². The van der Waals surface area contributed by atoms with E-state index in [2.05, 4.69) is 15.5 Å². The van der Waals surface area contributed by atoms with Gasteiger partial charge in [-0.15, -0.1) is 28.3 Å². The minimum atomic E-state index is 0. The van der Waals surface area contributed by atoms with Gasteiger partial charge in [-0.2, -0.15) is 5.10 Å². The van der Waals surface area contributed by atoms with Crippen LogP contribution in [0.25, 0.3) is 22.4 Å². The molecule has 4 rings (SSSR count). The van der Waals surface area contributed by atoms with Crippen LogP contribution in [0.4, 0.5) is 10.8 Å². The third kappa shape index (κ3) is 3.79. The number of nitrogens with zero attached hydrogens (tertiary/aromatic N) is 2. The highest BCUT2D eigenvalue weighted by Gasteiger charge is 2.10. The first-order valence-electron chi connectivity index (χ1n) is 7.80. The number of thiazole rings is 1. The van der Waals surface area contributed by atoms with Crippen LogP contribution in [0.15, 0.2) is 69.5 Å². The van der Waals surface area contributed by atoms with Gasteiger partial charge in [0.1, 0.15) is 11.3 Å². The van der Waals surface area contributed by atoms with Crippen LogP contribution in [0.3, 0.4) is 0 Å². The summed E-state index contributed by atoms with van der Waals surface area (Å²) in [6, 6.07) is 17.5. The molecule has 2 aromatic carbocycles. The largest absolute Gasteiger partial charge is 0.454 e. The van der Waals surface area contributed by atoms with E-state index in [-0.39, 0.29) is 17.0 Å². The van der Waals surface area contributed by atoms with Crippen molar-refractivity contribution in [3.05, 3.63) is 65.5 Å². The van der Waals surface area contributed by atoms with Crippen LogP contribution in [-0.2, 0) is 0 Å². The Labute approximate surface area is 165 Å². The Morgan fingerprint density at radius 2 is 1.92 bits per heavy atom. The highest BCUT2D eigenvalue weighted by Crippen LogP contribution is 2.30. The van der Waals surface area contributed by atoms with Gasteiger partial charge in [-0.1, -0.05) is 30.3 Å². The molecule has 7 heteroatoms. The van der Waals surface area contributed by atoms with Gasteiger partial charge < -0.3 is 10.2 Å². The highest BCUT2D eigenvalue weighted by atomic mass is 79.9. The van der Waals surface area contributed by atoms with E-state index in [9.17, 15) is 0 Å². The summed E-state index contributed by atoms with van der Waals surface area (Å²) in [5.74, 6) is 0.754. The van der Waals surface area contributed by atoms with Gasteiger partial charge in [0.2, 0.25) is 5.13 Å². The molecule has 26 heavy (non-hydrogen) atoms. The number of halogens is 1. The summed E-state index contributed by atoms with van der Waals surface area (Å²) in [7, 11) is 0. The Balaban J connectivity index is 0.00000196. The lowest BCUT2D eigenvalue weighted by atomic mass is 10.1. The average molecular weight is 429 g/mol. The normalized spacial score (nSPS) is 11.3. The monoisotopic (exact) mass is 428 g/mol. The molecule has 0 fully saturated rings. The van der Waals surface area contributed by atoms with E-state index in [4.69, 9.17) is 10.2 Å². The fraction of sp³-hybridized carbons (Fsp3) is 0.0526. The van der Waals surface area contributed by atoms with Crippen molar-refractivity contribution in [3.8, 4) is 11.5 Å². The maximum Gasteiger partial charge on any atom is 0.204 e. The molecule has 0 amide bonds. The van der Waals surface area contributed by atoms with E-state index in [1.165, 1.54) is 11.3 Å². The number of furan rings is 1. The van der Waals surface area contributed by atoms with Crippen LogP contribution in [0.1, 0.15) is 12.5 Å². The van der Waals surface area contributed by atoms with Crippen LogP contribution in [0, 0.1) is 0 Å². The van der Waals surface area contributed by atoms with E-state index >= 15 is 0 Å². The van der Waals surface area contributed by atoms with Gasteiger partial charge in [0, 0.05) is 16.5 Å². The predicted molar refractivity (Wildman–Crippen MR) is 114 cm³/mol. The maximum atomic E-state index is 5.84. The Morgan fingerprint density at radius 1 is 1.15 bits per heavy atom. The molecule has 0 bridgehead atoms. The third-order valence-corrected chi connectivity index (χ3v) is 4.58. The number of nitrogen functional groups attached to an aromatic ring is 1. The number of hydrazone groups is 1. The fourth-order valence-corrected chi connectivity index (χ4v) is 3.11. The fourth-order valence-electron chi connectivity index (χ4n) is 2.47. The Kier molecular flexibility index (Phi) is 5.39. The smallest absolute Gasteiger partial charge is 0.204 e. The summed E-state index contributed by atoms with van der Waals surface area (Å²) in [6.45, 7) is 1.94. The molecule has 2 aromatic heterocycles. The lowest BCUT2D eigenvalue weighted by Gasteiger charge is -2.01. The first kappa shape index (κ1) is 18.2. The van der Waals surface area contributed by atoms with Crippen LogP contribution in [0.2, 0.25) is 0 Å². The van der Waals surface area contributed by atoms with Crippen molar-refractivity contribution in [3.63, 3.8) is 0 Å². The zero-order valence-electron chi connectivity index (χ0n) is 14.0. The number of rotatable bonds is 4. The lowest BCUT2D eigenvalue weighted by Crippen LogP contribution is -1.99. The summed E-state index contributed by atoms with van der Waals surface area (Å²) in [4.78, 5) is 4.54. The molecule has 0 aliphatic rings. The third-order valence-electron chi connectivity index (χ3n) is 3.83. The number of hydrogen-bond donors (Lipinski definition) is 2. The molecule has 5 nitrogen and oxygen atoms in total. The zero-order chi connectivity index (χ0) is 17.2. The standard InChI is InChI=1S/C19H16N4OS.BrH/c1-12(13-6-8-15(20)9-7-13)22-23-19-21-16(11-25-19)18-10-14-4-2-3-5-17(14)24-18;/h2-11H,20H2,1H3,(H,21,23);1H/b22-12-;. The van der Waals surface area contributed by atoms with Crippen LogP contribution in [-0.4, -0.2) is 10.7 Å². The summed E-state index contributed by atoms with van der Waals surface area (Å²) in [5.41, 5.74) is 13.0. The SMILES string of the molecule is Br.C/C(=N/Nc1nc(-c2cc3ccccc3o2)cs1)c1ccc(N)cc1. The Bertz CT molecular complexity index is 1020. The molecule has 0 aliphatic heterocycles. The van der Waals surface area contributed by atoms with Gasteiger partial charge >= 0.3 is 0 Å². The van der Waals surface area contributed by atoms with Gasteiger partial charge in [0.15, 0.2) is 5.76 Å². The zero-order valence-corrected chi connectivity index (χ0v) is 16.5. The van der Waals surface area contributed by atoms with E-state index in [0.717, 1.165) is 39.4 Å². The van der Waals surface area contributed by atoms with Gasteiger partial charge in [-0.05, 0) is 36.8 Å². The van der Waals surface area contributed by atoms with Crippen molar-refractivity contribution in [1.29, 1.82) is 0 Å². The average Bonchev–Trinajstić information content (AvgIpc) is 3.26. The van der Waals surface area contributed by atoms with Crippen molar-refractivity contribution in [2.24, 2.45) is 5.10 Å². The quantitative estimate of drug-likeness (QED) is 0.253. The molecule has 0 radical (unpaired) electrons. The van der Waals surface area contributed by atoms with Crippen LogP contribution < -0.4 is 11.2 Å². The molecule has 2 heterocycles. The van der Waals surface area contributed by atoms with Crippen molar-refractivity contribution in [1.82, 2.24) is 4.98 Å². The number of anilines is 2. The number of hydrogen-bond acceptors (Lipinski definition) is 6. The number of nitrogens with two attached hydrogens (primary N) is 1.